The van der Waals surface area contributed by atoms with Gasteiger partial charge in [0.25, 0.3) is 0 Å². The Bertz CT molecular complexity index is 444. The predicted molar refractivity (Wildman–Crippen MR) is 66.7 cm³/mol. The first kappa shape index (κ1) is 13.6. The number of nitrogens with one attached hydrogen (secondary N) is 1. The lowest BCUT2D eigenvalue weighted by Gasteiger charge is -2.06. The Morgan fingerprint density at radius 1 is 1.59 bits per heavy atom. The third-order valence-electron chi connectivity index (χ3n) is 2.26. The molecule has 0 amide bonds. The van der Waals surface area contributed by atoms with E-state index in [-0.39, 0.29) is 5.69 Å². The fourth-order valence-corrected chi connectivity index (χ4v) is 1.90. The molecular weight excluding hydrogens is 244 g/mol. The molecule has 0 aliphatic heterocycles. The summed E-state index contributed by atoms with van der Waals surface area (Å²) in [4.78, 5) is 10.5. The van der Waals surface area contributed by atoms with Gasteiger partial charge in [0, 0.05) is 35.9 Å². The van der Waals surface area contributed by atoms with Gasteiger partial charge in [-0.25, -0.2) is 4.68 Å². The number of rotatable bonds is 6. The number of nitro groups is 1. The quantitative estimate of drug-likeness (QED) is 0.606. The van der Waals surface area contributed by atoms with Gasteiger partial charge in [0.1, 0.15) is 5.69 Å². The lowest BCUT2D eigenvalue weighted by Crippen LogP contribution is -2.14. The van der Waals surface area contributed by atoms with Crippen LogP contribution in [0.25, 0.3) is 0 Å². The highest BCUT2D eigenvalue weighted by molar-refractivity contribution is 7.84. The summed E-state index contributed by atoms with van der Waals surface area (Å²) in [5.74, 6) is 0.839. The Balaban J connectivity index is 2.94. The van der Waals surface area contributed by atoms with Crippen LogP contribution in [0.15, 0.2) is 0 Å². The van der Waals surface area contributed by atoms with Crippen LogP contribution in [0.5, 0.6) is 0 Å². The topological polar surface area (TPSA) is 90.1 Å². The first-order valence-corrected chi connectivity index (χ1v) is 6.95. The van der Waals surface area contributed by atoms with Crippen LogP contribution >= 0.6 is 0 Å². The molecule has 0 fully saturated rings. The van der Waals surface area contributed by atoms with Gasteiger partial charge in [-0.15, -0.1) is 0 Å². The Kier molecular flexibility index (Phi) is 4.62. The third kappa shape index (κ3) is 3.26. The van der Waals surface area contributed by atoms with Gasteiger partial charge in [0.05, 0.1) is 4.92 Å². The molecule has 1 atom stereocenters. The summed E-state index contributed by atoms with van der Waals surface area (Å²) >= 11 is 0. The number of anilines is 1. The number of nitrogens with zero attached hydrogens (tertiary/aromatic N) is 3. The molecule has 0 radical (unpaired) electrons. The maximum absolute atomic E-state index is 10.9. The van der Waals surface area contributed by atoms with Gasteiger partial charge in [-0.05, 0) is 13.8 Å². The van der Waals surface area contributed by atoms with Gasteiger partial charge >= 0.3 is 5.69 Å². The van der Waals surface area contributed by atoms with Gasteiger partial charge in [-0.2, -0.15) is 5.10 Å². The maximum atomic E-state index is 10.9. The fourth-order valence-electron chi connectivity index (χ4n) is 1.51. The van der Waals surface area contributed by atoms with Crippen molar-refractivity contribution in [3.63, 3.8) is 0 Å². The first-order chi connectivity index (χ1) is 7.97. The van der Waals surface area contributed by atoms with Gasteiger partial charge in [0.15, 0.2) is 0 Å². The second-order valence-electron chi connectivity index (χ2n) is 3.56. The minimum Gasteiger partial charge on any atom is -0.364 e. The summed E-state index contributed by atoms with van der Waals surface area (Å²) in [6, 6.07) is 0. The number of aromatic nitrogens is 2. The van der Waals surface area contributed by atoms with Gasteiger partial charge in [-0.1, -0.05) is 0 Å². The lowest BCUT2D eigenvalue weighted by molar-refractivity contribution is -0.384. The largest absolute Gasteiger partial charge is 0.364 e. The van der Waals surface area contributed by atoms with Crippen molar-refractivity contribution in [3.8, 4) is 0 Å². The second kappa shape index (κ2) is 5.76. The zero-order valence-corrected chi connectivity index (χ0v) is 10.9. The molecule has 1 rings (SSSR count). The van der Waals surface area contributed by atoms with Crippen LogP contribution in [0.3, 0.4) is 0 Å². The molecule has 0 bridgehead atoms. The number of hydrogen-bond acceptors (Lipinski definition) is 5. The van der Waals surface area contributed by atoms with Crippen molar-refractivity contribution in [3.05, 3.63) is 15.8 Å². The summed E-state index contributed by atoms with van der Waals surface area (Å²) in [6.45, 7) is 4.44. The lowest BCUT2D eigenvalue weighted by atomic mass is 10.4. The molecule has 96 valence electrons. The normalized spacial score (nSPS) is 12.4. The average Bonchev–Trinajstić information content (AvgIpc) is 2.54. The van der Waals surface area contributed by atoms with E-state index in [2.05, 4.69) is 10.4 Å². The Hall–Kier alpha value is -1.44. The summed E-state index contributed by atoms with van der Waals surface area (Å²) in [7, 11) is -0.920. The molecule has 8 heteroatoms. The van der Waals surface area contributed by atoms with E-state index < -0.39 is 15.7 Å². The Morgan fingerprint density at radius 3 is 2.71 bits per heavy atom. The number of aryl methyl sites for hydroxylation is 2. The van der Waals surface area contributed by atoms with Crippen molar-refractivity contribution >= 4 is 22.3 Å². The highest BCUT2D eigenvalue weighted by Crippen LogP contribution is 2.27. The zero-order chi connectivity index (χ0) is 13.0. The van der Waals surface area contributed by atoms with E-state index in [1.165, 1.54) is 0 Å². The second-order valence-corrected chi connectivity index (χ2v) is 5.11. The summed E-state index contributed by atoms with van der Waals surface area (Å²) in [5, 5.41) is 17.9. The van der Waals surface area contributed by atoms with E-state index in [4.69, 9.17) is 0 Å². The molecule has 1 unspecified atom stereocenters. The molecule has 1 heterocycles. The summed E-state index contributed by atoms with van der Waals surface area (Å²) in [5.41, 5.74) is 0.380. The molecule has 0 aliphatic rings. The number of hydrogen-bond donors (Lipinski definition) is 1. The van der Waals surface area contributed by atoms with Crippen LogP contribution < -0.4 is 5.32 Å². The Morgan fingerprint density at radius 2 is 2.24 bits per heavy atom. The van der Waals surface area contributed by atoms with E-state index in [1.54, 1.807) is 17.9 Å². The summed E-state index contributed by atoms with van der Waals surface area (Å²) < 4.78 is 12.5. The van der Waals surface area contributed by atoms with E-state index in [1.807, 2.05) is 6.92 Å². The molecule has 0 saturated carbocycles. The SMILES string of the molecule is CCn1nc(C)c([N+](=O)[O-])c1NCCS(C)=O. The van der Waals surface area contributed by atoms with Crippen LogP contribution in [0.4, 0.5) is 11.5 Å². The minimum atomic E-state index is -0.920. The molecule has 0 aromatic carbocycles. The third-order valence-corrected chi connectivity index (χ3v) is 3.04. The molecule has 7 nitrogen and oxygen atoms in total. The van der Waals surface area contributed by atoms with Crippen LogP contribution in [0, 0.1) is 17.0 Å². The first-order valence-electron chi connectivity index (χ1n) is 5.23. The van der Waals surface area contributed by atoms with E-state index in [0.29, 0.717) is 30.4 Å². The smallest absolute Gasteiger partial charge is 0.333 e. The van der Waals surface area contributed by atoms with E-state index in [0.717, 1.165) is 0 Å². The van der Waals surface area contributed by atoms with Crippen molar-refractivity contribution < 1.29 is 9.13 Å². The Labute approximate surface area is 102 Å². The van der Waals surface area contributed by atoms with E-state index >= 15 is 0 Å². The van der Waals surface area contributed by atoms with Gasteiger partial charge in [0.2, 0.25) is 5.82 Å². The molecule has 1 N–H and O–H groups in total. The zero-order valence-electron chi connectivity index (χ0n) is 10.1. The standard InChI is InChI=1S/C9H16N4O3S/c1-4-12-9(10-5-6-17(3)16)8(13(14)15)7(2)11-12/h10H,4-6H2,1-3H3. The maximum Gasteiger partial charge on any atom is 0.333 e. The van der Waals surface area contributed by atoms with Crippen molar-refractivity contribution in [2.24, 2.45) is 0 Å². The van der Waals surface area contributed by atoms with Crippen LogP contribution in [-0.4, -0.2) is 37.5 Å². The molecular formula is C9H16N4O3S. The van der Waals surface area contributed by atoms with Crippen molar-refractivity contribution in [1.82, 2.24) is 9.78 Å². The predicted octanol–water partition coefficient (Wildman–Crippen LogP) is 0.910. The van der Waals surface area contributed by atoms with Crippen LogP contribution in [0.1, 0.15) is 12.6 Å². The van der Waals surface area contributed by atoms with E-state index in [9.17, 15) is 14.3 Å². The van der Waals surface area contributed by atoms with Gasteiger partial charge < -0.3 is 5.32 Å². The van der Waals surface area contributed by atoms with Crippen molar-refractivity contribution in [2.45, 2.75) is 20.4 Å². The highest BCUT2D eigenvalue weighted by Gasteiger charge is 2.24. The minimum absolute atomic E-state index is 0.00580. The molecule has 0 aliphatic carbocycles. The van der Waals surface area contributed by atoms with Crippen molar-refractivity contribution in [2.75, 3.05) is 23.9 Å². The van der Waals surface area contributed by atoms with Gasteiger partial charge in [-0.3, -0.25) is 14.3 Å². The highest BCUT2D eigenvalue weighted by atomic mass is 32.2. The molecule has 1 aromatic heterocycles. The molecule has 1 aromatic rings. The van der Waals surface area contributed by atoms with Crippen LogP contribution in [-0.2, 0) is 17.3 Å². The summed E-state index contributed by atoms with van der Waals surface area (Å²) in [6.07, 6.45) is 1.60. The molecule has 0 saturated heterocycles. The fraction of sp³-hybridized carbons (Fsp3) is 0.667. The van der Waals surface area contributed by atoms with Crippen molar-refractivity contribution in [1.29, 1.82) is 0 Å². The monoisotopic (exact) mass is 260 g/mol. The molecule has 0 spiro atoms. The molecule has 17 heavy (non-hydrogen) atoms. The van der Waals surface area contributed by atoms with Crippen LogP contribution in [0.2, 0.25) is 0 Å². The average molecular weight is 260 g/mol.